The predicted molar refractivity (Wildman–Crippen MR) is 97.0 cm³/mol. The molecule has 0 fully saturated rings. The number of ether oxygens (including phenoxy) is 1. The fourth-order valence-electron chi connectivity index (χ4n) is 4.60. The van der Waals surface area contributed by atoms with Gasteiger partial charge in [0.1, 0.15) is 0 Å². The predicted octanol–water partition coefficient (Wildman–Crippen LogP) is 3.79. The summed E-state index contributed by atoms with van der Waals surface area (Å²) in [7, 11) is 0. The Labute approximate surface area is 152 Å². The van der Waals surface area contributed by atoms with Gasteiger partial charge in [-0.25, -0.2) is 0 Å². The van der Waals surface area contributed by atoms with Gasteiger partial charge in [0.15, 0.2) is 0 Å². The largest absolute Gasteiger partial charge is 0.481 e. The fraction of sp³-hybridized carbons (Fsp3) is 0.364. The molecule has 5 rings (SSSR count). The molecule has 0 spiro atoms. The van der Waals surface area contributed by atoms with E-state index in [0.717, 1.165) is 22.3 Å². The molecular formula is C22H22O4. The van der Waals surface area contributed by atoms with Crippen molar-refractivity contribution in [3.8, 4) is 0 Å². The van der Waals surface area contributed by atoms with Crippen molar-refractivity contribution in [1.29, 1.82) is 0 Å². The van der Waals surface area contributed by atoms with Crippen molar-refractivity contribution in [1.82, 2.24) is 0 Å². The highest BCUT2D eigenvalue weighted by molar-refractivity contribution is 5.87. The molecule has 0 amide bonds. The number of carboxylic acids is 1. The minimum absolute atomic E-state index is 0.211. The van der Waals surface area contributed by atoms with Gasteiger partial charge in [-0.15, -0.1) is 0 Å². The summed E-state index contributed by atoms with van der Waals surface area (Å²) in [6.45, 7) is 4.25. The number of aliphatic carboxylic acids is 1. The molecule has 0 saturated heterocycles. The normalized spacial score (nSPS) is 25.5. The van der Waals surface area contributed by atoms with Gasteiger partial charge in [-0.2, -0.15) is 0 Å². The standard InChI is InChI=1S/C22H22O4/c1-12(2)11-26-22(25)20-18-15-9-5-3-7-13(15)17(19(20)21(23)24)14-8-4-6-10-16(14)18/h3-10,12,17-20H,11H2,1-2H3,(H,23,24)/t17?,18?,19-,20+/m1/s1. The molecule has 2 atom stereocenters. The van der Waals surface area contributed by atoms with E-state index in [2.05, 4.69) is 0 Å². The second-order valence-corrected chi connectivity index (χ2v) is 7.63. The lowest BCUT2D eigenvalue weighted by molar-refractivity contribution is -0.161. The molecule has 0 aliphatic heterocycles. The third-order valence-electron chi connectivity index (χ3n) is 5.55. The second kappa shape index (κ2) is 6.27. The third kappa shape index (κ3) is 2.44. The lowest BCUT2D eigenvalue weighted by atomic mass is 9.54. The molecule has 134 valence electrons. The Balaban J connectivity index is 1.88. The van der Waals surface area contributed by atoms with Crippen LogP contribution in [0.2, 0.25) is 0 Å². The van der Waals surface area contributed by atoms with Gasteiger partial charge in [0.25, 0.3) is 0 Å². The van der Waals surface area contributed by atoms with Crippen molar-refractivity contribution in [2.75, 3.05) is 6.61 Å². The number of carbonyl (C=O) groups excluding carboxylic acids is 1. The van der Waals surface area contributed by atoms with E-state index >= 15 is 0 Å². The Kier molecular flexibility index (Phi) is 4.06. The summed E-state index contributed by atoms with van der Waals surface area (Å²) in [6.07, 6.45) is 0. The number of hydrogen-bond acceptors (Lipinski definition) is 3. The van der Waals surface area contributed by atoms with Crippen LogP contribution in [0.1, 0.15) is 47.9 Å². The summed E-state index contributed by atoms with van der Waals surface area (Å²) in [5.74, 6) is -3.21. The van der Waals surface area contributed by atoms with Crippen LogP contribution in [0, 0.1) is 17.8 Å². The van der Waals surface area contributed by atoms with Crippen molar-refractivity contribution in [2.45, 2.75) is 25.7 Å². The molecular weight excluding hydrogens is 328 g/mol. The van der Waals surface area contributed by atoms with E-state index in [1.54, 1.807) is 0 Å². The zero-order chi connectivity index (χ0) is 18.4. The Morgan fingerprint density at radius 2 is 1.31 bits per heavy atom. The number of benzene rings is 2. The molecule has 2 aromatic rings. The third-order valence-corrected chi connectivity index (χ3v) is 5.55. The Hall–Kier alpha value is -2.62. The molecule has 0 radical (unpaired) electrons. The summed E-state index contributed by atoms with van der Waals surface area (Å²) in [5.41, 5.74) is 4.16. The zero-order valence-electron chi connectivity index (χ0n) is 14.9. The summed E-state index contributed by atoms with van der Waals surface area (Å²) < 4.78 is 5.50. The number of carboxylic acid groups (broad SMARTS) is 1. The van der Waals surface area contributed by atoms with Crippen molar-refractivity contribution >= 4 is 11.9 Å². The van der Waals surface area contributed by atoms with Gasteiger partial charge in [-0.05, 0) is 28.2 Å². The van der Waals surface area contributed by atoms with E-state index < -0.39 is 23.8 Å². The maximum absolute atomic E-state index is 12.9. The van der Waals surface area contributed by atoms with Gasteiger partial charge >= 0.3 is 11.9 Å². The molecule has 2 aromatic carbocycles. The maximum atomic E-state index is 12.9. The SMILES string of the molecule is CC(C)COC(=O)[C@H]1C2c3ccccc3C(c3ccccc32)[C@H]1C(=O)O. The smallest absolute Gasteiger partial charge is 0.310 e. The molecule has 0 heterocycles. The molecule has 4 heteroatoms. The Morgan fingerprint density at radius 3 is 1.69 bits per heavy atom. The average molecular weight is 350 g/mol. The first kappa shape index (κ1) is 16.8. The summed E-state index contributed by atoms with van der Waals surface area (Å²) in [4.78, 5) is 25.2. The molecule has 0 aromatic heterocycles. The van der Waals surface area contributed by atoms with Crippen LogP contribution in [0.25, 0.3) is 0 Å². The first-order valence-corrected chi connectivity index (χ1v) is 9.07. The molecule has 3 aliphatic rings. The highest BCUT2D eigenvalue weighted by atomic mass is 16.5. The first-order chi connectivity index (χ1) is 12.5. The van der Waals surface area contributed by atoms with Crippen molar-refractivity contribution in [3.63, 3.8) is 0 Å². The van der Waals surface area contributed by atoms with Crippen LogP contribution in [0.5, 0.6) is 0 Å². The molecule has 26 heavy (non-hydrogen) atoms. The first-order valence-electron chi connectivity index (χ1n) is 9.07. The molecule has 4 nitrogen and oxygen atoms in total. The molecule has 1 N–H and O–H groups in total. The molecule has 3 aliphatic carbocycles. The number of carbonyl (C=O) groups is 2. The van der Waals surface area contributed by atoms with Crippen molar-refractivity contribution in [2.24, 2.45) is 17.8 Å². The average Bonchev–Trinajstić information content (AvgIpc) is 2.65. The van der Waals surface area contributed by atoms with Crippen LogP contribution in [0.3, 0.4) is 0 Å². The van der Waals surface area contributed by atoms with Gasteiger partial charge in [0.05, 0.1) is 18.4 Å². The molecule has 0 unspecified atom stereocenters. The lowest BCUT2D eigenvalue weighted by Crippen LogP contribution is -2.47. The van der Waals surface area contributed by atoms with Crippen molar-refractivity contribution in [3.05, 3.63) is 70.8 Å². The van der Waals surface area contributed by atoms with Crippen LogP contribution in [-0.4, -0.2) is 23.7 Å². The van der Waals surface area contributed by atoms with Crippen LogP contribution in [0.4, 0.5) is 0 Å². The fourth-order valence-corrected chi connectivity index (χ4v) is 4.60. The Bertz CT molecular complexity index is 822. The van der Waals surface area contributed by atoms with E-state index in [1.807, 2.05) is 62.4 Å². The number of rotatable bonds is 4. The molecule has 2 bridgehead atoms. The maximum Gasteiger partial charge on any atom is 0.310 e. The second-order valence-electron chi connectivity index (χ2n) is 7.63. The number of hydrogen-bond donors (Lipinski definition) is 1. The van der Waals surface area contributed by atoms with Crippen LogP contribution in [0.15, 0.2) is 48.5 Å². The topological polar surface area (TPSA) is 63.6 Å². The van der Waals surface area contributed by atoms with Crippen LogP contribution in [-0.2, 0) is 14.3 Å². The van der Waals surface area contributed by atoms with Crippen molar-refractivity contribution < 1.29 is 19.4 Å². The minimum Gasteiger partial charge on any atom is -0.481 e. The monoisotopic (exact) mass is 350 g/mol. The zero-order valence-corrected chi connectivity index (χ0v) is 14.9. The van der Waals surface area contributed by atoms with E-state index in [9.17, 15) is 14.7 Å². The van der Waals surface area contributed by atoms with Crippen LogP contribution < -0.4 is 0 Å². The number of fused-ring (bicyclic) bond motifs is 1. The van der Waals surface area contributed by atoms with E-state index in [1.165, 1.54) is 0 Å². The highest BCUT2D eigenvalue weighted by Crippen LogP contribution is 2.58. The summed E-state index contributed by atoms with van der Waals surface area (Å²) >= 11 is 0. The van der Waals surface area contributed by atoms with Gasteiger partial charge in [0.2, 0.25) is 0 Å². The quantitative estimate of drug-likeness (QED) is 0.852. The van der Waals surface area contributed by atoms with Gasteiger partial charge < -0.3 is 9.84 Å². The van der Waals surface area contributed by atoms with Gasteiger partial charge in [0, 0.05) is 11.8 Å². The minimum atomic E-state index is -0.935. The lowest BCUT2D eigenvalue weighted by Gasteiger charge is -2.47. The Morgan fingerprint density at radius 1 is 0.885 bits per heavy atom. The van der Waals surface area contributed by atoms with Crippen LogP contribution >= 0.6 is 0 Å². The van der Waals surface area contributed by atoms with E-state index in [4.69, 9.17) is 4.74 Å². The van der Waals surface area contributed by atoms with Gasteiger partial charge in [-0.3, -0.25) is 9.59 Å². The highest BCUT2D eigenvalue weighted by Gasteiger charge is 2.55. The molecule has 0 saturated carbocycles. The summed E-state index contributed by atoms with van der Waals surface area (Å²) in [6, 6.07) is 15.8. The van der Waals surface area contributed by atoms with Gasteiger partial charge in [-0.1, -0.05) is 62.4 Å². The van der Waals surface area contributed by atoms with E-state index in [-0.39, 0.29) is 17.8 Å². The summed E-state index contributed by atoms with van der Waals surface area (Å²) in [5, 5.41) is 10.0. The van der Waals surface area contributed by atoms with E-state index in [0.29, 0.717) is 6.61 Å². The number of esters is 1.